The predicted molar refractivity (Wildman–Crippen MR) is 219 cm³/mol. The van der Waals surface area contributed by atoms with Gasteiger partial charge in [-0.3, -0.25) is 0 Å². The van der Waals surface area contributed by atoms with Crippen molar-refractivity contribution in [2.75, 3.05) is 26.4 Å². The molecule has 19 heteroatoms. The molecule has 8 fully saturated rings. The predicted octanol–water partition coefficient (Wildman–Crippen LogP) is -1.78. The molecule has 4 saturated heterocycles. The summed E-state index contributed by atoms with van der Waals surface area (Å²) in [4.78, 5) is 0. The largest absolute Gasteiger partial charge is 0.394 e. The lowest BCUT2D eigenvalue weighted by molar-refractivity contribution is -0.373. The van der Waals surface area contributed by atoms with Gasteiger partial charge in [0.1, 0.15) is 73.2 Å². The molecule has 0 bridgehead atoms. The third-order valence-electron chi connectivity index (χ3n) is 18.0. The average Bonchev–Trinajstić information content (AvgIpc) is 3.71. The summed E-state index contributed by atoms with van der Waals surface area (Å²) in [5, 5.41) is 125. The highest BCUT2D eigenvalue weighted by molar-refractivity contribution is 5.15. The van der Waals surface area contributed by atoms with Crippen LogP contribution in [0.15, 0.2) is 0 Å². The molecule has 4 aliphatic carbocycles. The first-order valence-corrected chi connectivity index (χ1v) is 23.9. The maximum Gasteiger partial charge on any atom is 0.187 e. The van der Waals surface area contributed by atoms with Crippen LogP contribution in [0.2, 0.25) is 0 Å². The summed E-state index contributed by atoms with van der Waals surface area (Å²) in [5.41, 5.74) is 0.0475. The van der Waals surface area contributed by atoms with Gasteiger partial charge in [-0.25, -0.2) is 0 Å². The molecule has 12 N–H and O–H groups in total. The summed E-state index contributed by atoms with van der Waals surface area (Å²) >= 11 is 0. The standard InChI is InChI=1S/C45H76O19/c1-19(18-58-40-37(55)34(52)31(49)27(15-46)60-40)7-12-45(57)20(2)30-26(64-45)14-25-23-6-5-21-13-22(8-10-43(21,3)24(23)9-11-44(25,30)4)59-42-39(36(54)33(51)29(17-48)62-42)63-41-38(56)35(53)32(50)28(16-47)61-41/h19-42,46-57H,5-18H2,1-4H3/t19-,20+,21-,22+,23-,24+,25+,26+,27-,28-,29-,30+,31-,32-,33+,34+,35+,36+,37-,38-,39-,40-,41+,42-,43+,44+,45-/m1/s1. The van der Waals surface area contributed by atoms with Crippen LogP contribution in [0.5, 0.6) is 0 Å². The van der Waals surface area contributed by atoms with Gasteiger partial charge in [0.2, 0.25) is 0 Å². The van der Waals surface area contributed by atoms with Crippen molar-refractivity contribution in [1.29, 1.82) is 0 Å². The third-order valence-corrected chi connectivity index (χ3v) is 18.0. The van der Waals surface area contributed by atoms with E-state index >= 15 is 0 Å². The Hall–Kier alpha value is -0.760. The molecule has 8 rings (SSSR count). The fourth-order valence-corrected chi connectivity index (χ4v) is 14.2. The van der Waals surface area contributed by atoms with E-state index in [0.717, 1.165) is 44.9 Å². The Morgan fingerprint density at radius 2 is 1.20 bits per heavy atom. The van der Waals surface area contributed by atoms with Gasteiger partial charge in [-0.1, -0.05) is 27.7 Å². The van der Waals surface area contributed by atoms with Gasteiger partial charge in [-0.15, -0.1) is 0 Å². The van der Waals surface area contributed by atoms with Gasteiger partial charge in [0.05, 0.1) is 38.6 Å². The first-order valence-electron chi connectivity index (χ1n) is 23.9. The first-order chi connectivity index (χ1) is 30.3. The van der Waals surface area contributed by atoms with Crippen molar-refractivity contribution in [3.8, 4) is 0 Å². The molecule has 8 aliphatic rings. The number of hydrogen-bond donors (Lipinski definition) is 12. The summed E-state index contributed by atoms with van der Waals surface area (Å²) < 4.78 is 42.0. The second kappa shape index (κ2) is 19.2. The molecule has 0 unspecified atom stereocenters. The number of aliphatic hydroxyl groups is 12. The fraction of sp³-hybridized carbons (Fsp3) is 1.00. The minimum absolute atomic E-state index is 0.00000712. The monoisotopic (exact) mass is 920 g/mol. The molecule has 4 saturated carbocycles. The Morgan fingerprint density at radius 1 is 0.625 bits per heavy atom. The van der Waals surface area contributed by atoms with Gasteiger partial charge in [0, 0.05) is 12.3 Å². The van der Waals surface area contributed by atoms with Crippen LogP contribution in [0, 0.1) is 52.3 Å². The van der Waals surface area contributed by atoms with E-state index in [2.05, 4.69) is 20.8 Å². The highest BCUT2D eigenvalue weighted by Gasteiger charge is 2.68. The smallest absolute Gasteiger partial charge is 0.187 e. The van der Waals surface area contributed by atoms with Crippen LogP contribution in [0.4, 0.5) is 0 Å². The number of rotatable bonds is 13. The Balaban J connectivity index is 0.869. The summed E-state index contributed by atoms with van der Waals surface area (Å²) in [6.07, 6.45) is -13.7. The lowest BCUT2D eigenvalue weighted by atomic mass is 9.44. The molecule has 4 heterocycles. The van der Waals surface area contributed by atoms with Crippen LogP contribution in [0.25, 0.3) is 0 Å². The van der Waals surface area contributed by atoms with Crippen molar-refractivity contribution >= 4 is 0 Å². The SMILES string of the molecule is C[C@H](CC[C@@]1(O)O[C@H]2C[C@H]3[C@@H]4CC[C@@H]5C[C@@H](O[C@@H]6O[C@H](CO)[C@H](O)[C@H](O)[C@H]6O[C@@H]6O[C@H](CO)[C@@H](O)[C@H](O)[C@H]6O)CC[C@]5(C)[C@H]4CC[C@]3(C)[C@H]2[C@@H]1C)CO[C@@H]1O[C@H](CO)[C@@H](O)[C@H](O)[C@H]1O. The molecule has 0 spiro atoms. The molecule has 0 aromatic heterocycles. The van der Waals surface area contributed by atoms with E-state index in [4.69, 9.17) is 33.2 Å². The van der Waals surface area contributed by atoms with Crippen LogP contribution >= 0.6 is 0 Å². The zero-order valence-corrected chi connectivity index (χ0v) is 37.5. The minimum Gasteiger partial charge on any atom is -0.394 e. The molecule has 0 aromatic rings. The van der Waals surface area contributed by atoms with E-state index < -0.39 is 118 Å². The highest BCUT2D eigenvalue weighted by atomic mass is 16.8. The molecule has 19 nitrogen and oxygen atoms in total. The van der Waals surface area contributed by atoms with Crippen molar-refractivity contribution in [3.63, 3.8) is 0 Å². The van der Waals surface area contributed by atoms with Gasteiger partial charge < -0.3 is 94.4 Å². The Morgan fingerprint density at radius 3 is 1.84 bits per heavy atom. The average molecular weight is 921 g/mol. The molecule has 4 aliphatic heterocycles. The van der Waals surface area contributed by atoms with Gasteiger partial charge in [-0.05, 0) is 104 Å². The zero-order valence-electron chi connectivity index (χ0n) is 37.5. The van der Waals surface area contributed by atoms with Gasteiger partial charge >= 0.3 is 0 Å². The van der Waals surface area contributed by atoms with E-state index in [9.17, 15) is 61.3 Å². The molecular weight excluding hydrogens is 844 g/mol. The molecule has 64 heavy (non-hydrogen) atoms. The molecule has 0 aromatic carbocycles. The van der Waals surface area contributed by atoms with Crippen LogP contribution < -0.4 is 0 Å². The van der Waals surface area contributed by atoms with Crippen LogP contribution in [-0.2, 0) is 33.2 Å². The summed E-state index contributed by atoms with van der Waals surface area (Å²) in [5.74, 6) is 0.532. The fourth-order valence-electron chi connectivity index (χ4n) is 14.2. The van der Waals surface area contributed by atoms with Crippen molar-refractivity contribution < 1.29 is 94.4 Å². The first kappa shape index (κ1) is 49.7. The summed E-state index contributed by atoms with van der Waals surface area (Å²) in [6, 6.07) is 0. The normalized spacial score (nSPS) is 55.6. The van der Waals surface area contributed by atoms with E-state index in [1.54, 1.807) is 0 Å². The van der Waals surface area contributed by atoms with Crippen molar-refractivity contribution in [2.24, 2.45) is 52.3 Å². The van der Waals surface area contributed by atoms with E-state index in [0.29, 0.717) is 42.9 Å². The number of hydrogen-bond acceptors (Lipinski definition) is 19. The number of ether oxygens (including phenoxy) is 7. The van der Waals surface area contributed by atoms with Crippen molar-refractivity contribution in [2.45, 2.75) is 202 Å². The molecule has 0 radical (unpaired) electrons. The summed E-state index contributed by atoms with van der Waals surface area (Å²) in [6.45, 7) is 7.28. The molecular formula is C45H76O19. The van der Waals surface area contributed by atoms with Crippen LogP contribution in [-0.4, -0.2) is 198 Å². The van der Waals surface area contributed by atoms with Crippen LogP contribution in [0.1, 0.15) is 91.9 Å². The Kier molecular flexibility index (Phi) is 14.9. The van der Waals surface area contributed by atoms with Gasteiger partial charge in [0.25, 0.3) is 0 Å². The summed E-state index contributed by atoms with van der Waals surface area (Å²) in [7, 11) is 0. The third kappa shape index (κ3) is 8.65. The zero-order chi connectivity index (χ0) is 46.2. The Labute approximate surface area is 374 Å². The Bertz CT molecular complexity index is 1560. The van der Waals surface area contributed by atoms with Crippen LogP contribution in [0.3, 0.4) is 0 Å². The van der Waals surface area contributed by atoms with E-state index in [1.807, 2.05) is 6.92 Å². The van der Waals surface area contributed by atoms with Crippen molar-refractivity contribution in [3.05, 3.63) is 0 Å². The van der Waals surface area contributed by atoms with Crippen molar-refractivity contribution in [1.82, 2.24) is 0 Å². The second-order valence-electron chi connectivity index (χ2n) is 21.5. The van der Waals surface area contributed by atoms with Gasteiger partial charge in [-0.2, -0.15) is 0 Å². The van der Waals surface area contributed by atoms with E-state index in [-0.39, 0.29) is 47.4 Å². The van der Waals surface area contributed by atoms with Gasteiger partial charge in [0.15, 0.2) is 24.7 Å². The number of aliphatic hydroxyl groups excluding tert-OH is 11. The lowest BCUT2D eigenvalue weighted by Gasteiger charge is -2.61. The minimum atomic E-state index is -1.75. The second-order valence-corrected chi connectivity index (χ2v) is 21.5. The van der Waals surface area contributed by atoms with E-state index in [1.165, 1.54) is 0 Å². The maximum atomic E-state index is 12.1. The highest BCUT2D eigenvalue weighted by Crippen LogP contribution is 2.71. The maximum absolute atomic E-state index is 12.1. The lowest BCUT2D eigenvalue weighted by Crippen LogP contribution is -2.65. The molecule has 27 atom stereocenters. The quantitative estimate of drug-likeness (QED) is 0.0909. The number of fused-ring (bicyclic) bond motifs is 7. The molecule has 0 amide bonds. The topological polar surface area (TPSA) is 307 Å². The molecule has 370 valence electrons.